The van der Waals surface area contributed by atoms with E-state index in [4.69, 9.17) is 5.84 Å². The van der Waals surface area contributed by atoms with Gasteiger partial charge in [-0.2, -0.15) is 0 Å². The number of nitrogens with one attached hydrogen (secondary N) is 2. The lowest BCUT2D eigenvalue weighted by molar-refractivity contribution is -0.385. The highest BCUT2D eigenvalue weighted by Gasteiger charge is 2.48. The molecule has 1 aliphatic carbocycles. The van der Waals surface area contributed by atoms with Crippen molar-refractivity contribution in [3.63, 3.8) is 0 Å². The summed E-state index contributed by atoms with van der Waals surface area (Å²) in [4.78, 5) is 9.10. The second kappa shape index (κ2) is 4.90. The third-order valence-electron chi connectivity index (χ3n) is 3.47. The Labute approximate surface area is 120 Å². The van der Waals surface area contributed by atoms with Crippen LogP contribution in [0.15, 0.2) is 17.0 Å². The molecule has 4 N–H and O–H groups in total. The zero-order valence-electron chi connectivity index (χ0n) is 11.4. The van der Waals surface area contributed by atoms with Crippen LogP contribution in [0.25, 0.3) is 0 Å². The van der Waals surface area contributed by atoms with Gasteiger partial charge in [-0.25, -0.2) is 17.5 Å². The maximum absolute atomic E-state index is 14.0. The number of anilines is 1. The van der Waals surface area contributed by atoms with Crippen molar-refractivity contribution >= 4 is 21.4 Å². The first-order chi connectivity index (χ1) is 9.58. The summed E-state index contributed by atoms with van der Waals surface area (Å²) < 4.78 is 40.8. The van der Waals surface area contributed by atoms with Crippen LogP contribution in [0.4, 0.5) is 15.8 Å². The quantitative estimate of drug-likeness (QED) is 0.424. The van der Waals surface area contributed by atoms with Gasteiger partial charge in [-0.3, -0.25) is 16.0 Å². The molecule has 1 atom stereocenters. The van der Waals surface area contributed by atoms with E-state index in [0.29, 0.717) is 12.5 Å². The van der Waals surface area contributed by atoms with Gasteiger partial charge in [0.1, 0.15) is 4.90 Å². The van der Waals surface area contributed by atoms with Gasteiger partial charge < -0.3 is 5.43 Å². The van der Waals surface area contributed by atoms with E-state index in [1.807, 2.05) is 19.3 Å². The lowest BCUT2D eigenvalue weighted by Gasteiger charge is -2.12. The molecule has 8 nitrogen and oxygen atoms in total. The molecule has 1 aromatic rings. The fourth-order valence-corrected chi connectivity index (χ4v) is 3.60. The summed E-state index contributed by atoms with van der Waals surface area (Å²) in [7, 11) is -4.17. The molecule has 21 heavy (non-hydrogen) atoms. The summed E-state index contributed by atoms with van der Waals surface area (Å²) in [5.74, 6) is 3.92. The van der Waals surface area contributed by atoms with Crippen molar-refractivity contribution in [1.29, 1.82) is 0 Å². The number of halogens is 1. The van der Waals surface area contributed by atoms with Gasteiger partial charge in [0.2, 0.25) is 10.0 Å². The van der Waals surface area contributed by atoms with Crippen LogP contribution in [-0.2, 0) is 10.0 Å². The second-order valence-electron chi connectivity index (χ2n) is 5.57. The molecule has 1 aromatic carbocycles. The largest absolute Gasteiger partial charge is 0.323 e. The Morgan fingerprint density at radius 3 is 2.48 bits per heavy atom. The fourth-order valence-electron chi connectivity index (χ4n) is 1.98. The third kappa shape index (κ3) is 2.96. The molecule has 2 rings (SSSR count). The van der Waals surface area contributed by atoms with Crippen LogP contribution in [0, 0.1) is 21.3 Å². The third-order valence-corrected chi connectivity index (χ3v) is 5.02. The molecule has 0 spiro atoms. The van der Waals surface area contributed by atoms with E-state index in [2.05, 4.69) is 4.72 Å². The van der Waals surface area contributed by atoms with Crippen LogP contribution in [0.1, 0.15) is 20.3 Å². The van der Waals surface area contributed by atoms with Gasteiger partial charge in [0.05, 0.1) is 16.7 Å². The highest BCUT2D eigenvalue weighted by atomic mass is 32.2. The number of nitro benzene ring substituents is 1. The highest BCUT2D eigenvalue weighted by Crippen LogP contribution is 2.45. The first-order valence-corrected chi connectivity index (χ1v) is 7.54. The summed E-state index contributed by atoms with van der Waals surface area (Å²) in [5.41, 5.74) is 0.835. The minimum atomic E-state index is -4.17. The first kappa shape index (κ1) is 15.6. The van der Waals surface area contributed by atoms with E-state index >= 15 is 0 Å². The molecule has 0 amide bonds. The smallest absolute Gasteiger partial charge is 0.274 e. The number of nitro groups is 1. The van der Waals surface area contributed by atoms with E-state index in [1.54, 1.807) is 0 Å². The van der Waals surface area contributed by atoms with E-state index in [1.165, 1.54) is 0 Å². The van der Waals surface area contributed by atoms with Gasteiger partial charge in [0.25, 0.3) is 5.69 Å². The zero-order valence-corrected chi connectivity index (χ0v) is 12.2. The Morgan fingerprint density at radius 1 is 1.48 bits per heavy atom. The van der Waals surface area contributed by atoms with Crippen molar-refractivity contribution in [2.24, 2.45) is 11.3 Å². The summed E-state index contributed by atoms with van der Waals surface area (Å²) in [6, 6.07) is 1.12. The van der Waals surface area contributed by atoms with E-state index in [9.17, 15) is 22.9 Å². The standard InChI is InChI=1S/C11H15FN4O4S/c1-11(2)5-9(11)15-21(19,20)10-7(12)3-6(16(17)18)4-8(10)14-13/h3-4,9,14-15H,5,13H2,1-2H3. The minimum absolute atomic E-state index is 0.194. The zero-order chi connectivity index (χ0) is 16.0. The number of nitrogens with zero attached hydrogens (tertiary/aromatic N) is 1. The van der Waals surface area contributed by atoms with Crippen molar-refractivity contribution in [2.45, 2.75) is 31.2 Å². The molecule has 0 radical (unpaired) electrons. The van der Waals surface area contributed by atoms with Crippen molar-refractivity contribution < 1.29 is 17.7 Å². The predicted molar refractivity (Wildman–Crippen MR) is 73.4 cm³/mol. The van der Waals surface area contributed by atoms with Gasteiger partial charge in [-0.15, -0.1) is 0 Å². The Bertz CT molecular complexity index is 704. The lowest BCUT2D eigenvalue weighted by Crippen LogP contribution is -2.30. The van der Waals surface area contributed by atoms with Crippen molar-refractivity contribution in [2.75, 3.05) is 5.43 Å². The highest BCUT2D eigenvalue weighted by molar-refractivity contribution is 7.89. The van der Waals surface area contributed by atoms with Crippen LogP contribution in [-0.4, -0.2) is 19.4 Å². The Kier molecular flexibility index (Phi) is 3.64. The Morgan fingerprint density at radius 2 is 2.05 bits per heavy atom. The first-order valence-electron chi connectivity index (χ1n) is 6.05. The molecule has 0 heterocycles. The number of hydrazine groups is 1. The second-order valence-corrected chi connectivity index (χ2v) is 7.22. The molecule has 1 unspecified atom stereocenters. The van der Waals surface area contributed by atoms with Crippen LogP contribution >= 0.6 is 0 Å². The molecule has 10 heteroatoms. The van der Waals surface area contributed by atoms with E-state index < -0.39 is 31.3 Å². The van der Waals surface area contributed by atoms with Crippen molar-refractivity contribution in [3.8, 4) is 0 Å². The van der Waals surface area contributed by atoms with Gasteiger partial charge in [-0.05, 0) is 11.8 Å². The Balaban J connectivity index is 2.45. The van der Waals surface area contributed by atoms with Gasteiger partial charge in [0, 0.05) is 12.1 Å². The normalized spacial score (nSPS) is 20.1. The van der Waals surface area contributed by atoms with Crippen LogP contribution in [0.5, 0.6) is 0 Å². The van der Waals surface area contributed by atoms with E-state index in [-0.39, 0.29) is 17.1 Å². The molecule has 0 aromatic heterocycles. The number of nitrogen functional groups attached to an aromatic ring is 1. The number of nitrogens with two attached hydrogens (primary N) is 1. The van der Waals surface area contributed by atoms with Crippen LogP contribution in [0.2, 0.25) is 0 Å². The number of hydrogen-bond donors (Lipinski definition) is 3. The average molecular weight is 318 g/mol. The number of rotatable bonds is 5. The van der Waals surface area contributed by atoms with E-state index in [0.717, 1.165) is 6.07 Å². The summed E-state index contributed by atoms with van der Waals surface area (Å²) in [6.45, 7) is 3.74. The topological polar surface area (TPSA) is 127 Å². The molecule has 0 saturated heterocycles. The summed E-state index contributed by atoms with van der Waals surface area (Å²) in [6.07, 6.45) is 0.631. The monoisotopic (exact) mass is 318 g/mol. The van der Waals surface area contributed by atoms with Crippen LogP contribution in [0.3, 0.4) is 0 Å². The molecular formula is C11H15FN4O4S. The van der Waals surface area contributed by atoms with Gasteiger partial charge in [0.15, 0.2) is 5.82 Å². The Hall–Kier alpha value is -1.78. The predicted octanol–water partition coefficient (Wildman–Crippen LogP) is 1.10. The SMILES string of the molecule is CC1(C)CC1NS(=O)(=O)c1c(F)cc([N+](=O)[O-])cc1NN. The fraction of sp³-hybridized carbons (Fsp3) is 0.455. The summed E-state index contributed by atoms with van der Waals surface area (Å²) >= 11 is 0. The summed E-state index contributed by atoms with van der Waals surface area (Å²) in [5, 5.41) is 10.7. The van der Waals surface area contributed by atoms with Gasteiger partial charge >= 0.3 is 0 Å². The molecule has 1 saturated carbocycles. The average Bonchev–Trinajstić information content (AvgIpc) is 2.93. The van der Waals surface area contributed by atoms with Crippen molar-refractivity contribution in [3.05, 3.63) is 28.1 Å². The molecule has 116 valence electrons. The number of sulfonamides is 1. The molecule has 0 aliphatic heterocycles. The molecule has 1 fully saturated rings. The molecule has 0 bridgehead atoms. The molecular weight excluding hydrogens is 303 g/mol. The number of non-ortho nitro benzene ring substituents is 1. The minimum Gasteiger partial charge on any atom is -0.323 e. The number of hydrogen-bond acceptors (Lipinski definition) is 6. The maximum atomic E-state index is 14.0. The maximum Gasteiger partial charge on any atom is 0.274 e. The molecule has 1 aliphatic rings. The number of benzene rings is 1. The lowest BCUT2D eigenvalue weighted by atomic mass is 10.2. The van der Waals surface area contributed by atoms with Crippen LogP contribution < -0.4 is 16.0 Å². The van der Waals surface area contributed by atoms with Crippen molar-refractivity contribution in [1.82, 2.24) is 4.72 Å². The van der Waals surface area contributed by atoms with Gasteiger partial charge in [-0.1, -0.05) is 13.8 Å².